The molecule has 1 aliphatic rings. The highest BCUT2D eigenvalue weighted by molar-refractivity contribution is 6.30. The molecule has 0 unspecified atom stereocenters. The second kappa shape index (κ2) is 8.43. The van der Waals surface area contributed by atoms with Crippen LogP contribution in [0.1, 0.15) is 37.1 Å². The molecule has 0 aromatic heterocycles. The lowest BCUT2D eigenvalue weighted by Gasteiger charge is -2.21. The third kappa shape index (κ3) is 4.68. The fourth-order valence-electron chi connectivity index (χ4n) is 2.82. The smallest absolute Gasteiger partial charge is 0.234 e. The number of fused-ring (bicyclic) bond motifs is 1. The lowest BCUT2D eigenvalue weighted by Crippen LogP contribution is -2.36. The van der Waals surface area contributed by atoms with Crippen LogP contribution < -0.4 is 20.1 Å². The molecule has 6 heteroatoms. The first-order valence-electron chi connectivity index (χ1n) is 8.70. The quantitative estimate of drug-likeness (QED) is 0.810. The van der Waals surface area contributed by atoms with Crippen LogP contribution in [0.15, 0.2) is 42.5 Å². The number of benzene rings is 2. The molecule has 0 saturated heterocycles. The monoisotopic (exact) mass is 374 g/mol. The van der Waals surface area contributed by atoms with Gasteiger partial charge in [0.05, 0.1) is 12.6 Å². The van der Waals surface area contributed by atoms with Gasteiger partial charge in [-0.05, 0) is 49.2 Å². The van der Waals surface area contributed by atoms with Crippen molar-refractivity contribution in [3.8, 4) is 11.5 Å². The van der Waals surface area contributed by atoms with E-state index in [-0.39, 0.29) is 24.5 Å². The topological polar surface area (TPSA) is 59.6 Å². The molecule has 138 valence electrons. The van der Waals surface area contributed by atoms with Gasteiger partial charge in [-0.2, -0.15) is 0 Å². The summed E-state index contributed by atoms with van der Waals surface area (Å²) in [6.07, 6.45) is 0. The minimum absolute atomic E-state index is 0.0580. The van der Waals surface area contributed by atoms with Crippen LogP contribution in [-0.2, 0) is 4.79 Å². The molecule has 2 atom stereocenters. The molecule has 0 saturated carbocycles. The van der Waals surface area contributed by atoms with Gasteiger partial charge in [0.1, 0.15) is 13.2 Å². The van der Waals surface area contributed by atoms with Crippen molar-refractivity contribution in [2.45, 2.75) is 25.9 Å². The standard InChI is InChI=1S/C20H23ClN2O3/c1-13(15-3-6-17(21)7-4-15)22-12-20(24)23-14(2)16-5-8-18-19(11-16)26-10-9-25-18/h3-8,11,13-14,22H,9-10,12H2,1-2H3,(H,23,24)/t13-,14-/m1/s1. The zero-order valence-corrected chi connectivity index (χ0v) is 15.7. The van der Waals surface area contributed by atoms with E-state index in [1.165, 1.54) is 0 Å². The van der Waals surface area contributed by atoms with E-state index in [0.29, 0.717) is 18.2 Å². The summed E-state index contributed by atoms with van der Waals surface area (Å²) in [5, 5.41) is 6.93. The second-order valence-electron chi connectivity index (χ2n) is 6.35. The molecule has 2 aromatic carbocycles. The molecule has 2 aromatic rings. The van der Waals surface area contributed by atoms with E-state index in [1.54, 1.807) is 0 Å². The summed E-state index contributed by atoms with van der Waals surface area (Å²) in [6.45, 7) is 5.31. The van der Waals surface area contributed by atoms with Gasteiger partial charge in [-0.3, -0.25) is 4.79 Å². The first kappa shape index (κ1) is 18.5. The van der Waals surface area contributed by atoms with Gasteiger partial charge in [0, 0.05) is 11.1 Å². The lowest BCUT2D eigenvalue weighted by molar-refractivity contribution is -0.121. The van der Waals surface area contributed by atoms with Crippen molar-refractivity contribution in [2.75, 3.05) is 19.8 Å². The van der Waals surface area contributed by atoms with E-state index in [2.05, 4.69) is 10.6 Å². The normalized spacial score (nSPS) is 15.2. The predicted octanol–water partition coefficient (Wildman–Crippen LogP) is 3.64. The minimum Gasteiger partial charge on any atom is -0.486 e. The highest BCUT2D eigenvalue weighted by atomic mass is 35.5. The number of halogens is 1. The molecular formula is C20H23ClN2O3. The van der Waals surface area contributed by atoms with Gasteiger partial charge in [0.2, 0.25) is 5.91 Å². The summed E-state index contributed by atoms with van der Waals surface area (Å²) in [5.74, 6) is 1.41. The van der Waals surface area contributed by atoms with Gasteiger partial charge in [0.25, 0.3) is 0 Å². The highest BCUT2D eigenvalue weighted by Gasteiger charge is 2.16. The molecule has 0 radical (unpaired) electrons. The van der Waals surface area contributed by atoms with Crippen molar-refractivity contribution in [3.63, 3.8) is 0 Å². The Labute approximate surface area is 158 Å². The van der Waals surface area contributed by atoms with Crippen LogP contribution in [0.25, 0.3) is 0 Å². The molecule has 0 fully saturated rings. The molecule has 26 heavy (non-hydrogen) atoms. The average molecular weight is 375 g/mol. The third-order valence-electron chi connectivity index (χ3n) is 4.38. The summed E-state index contributed by atoms with van der Waals surface area (Å²) in [4.78, 5) is 12.3. The Morgan fingerprint density at radius 1 is 1.00 bits per heavy atom. The molecule has 2 N–H and O–H groups in total. The van der Waals surface area contributed by atoms with E-state index < -0.39 is 0 Å². The van der Waals surface area contributed by atoms with Crippen molar-refractivity contribution in [2.24, 2.45) is 0 Å². The molecule has 1 heterocycles. The van der Waals surface area contributed by atoms with Crippen molar-refractivity contribution in [3.05, 3.63) is 58.6 Å². The predicted molar refractivity (Wildman–Crippen MR) is 102 cm³/mol. The zero-order chi connectivity index (χ0) is 18.5. The van der Waals surface area contributed by atoms with Gasteiger partial charge in [-0.1, -0.05) is 29.8 Å². The van der Waals surface area contributed by atoms with Crippen molar-refractivity contribution in [1.82, 2.24) is 10.6 Å². The first-order valence-corrected chi connectivity index (χ1v) is 9.08. The largest absolute Gasteiger partial charge is 0.486 e. The maximum absolute atomic E-state index is 12.3. The van der Waals surface area contributed by atoms with Gasteiger partial charge in [0.15, 0.2) is 11.5 Å². The minimum atomic E-state index is -0.119. The van der Waals surface area contributed by atoms with Gasteiger partial charge in [-0.25, -0.2) is 0 Å². The van der Waals surface area contributed by atoms with E-state index in [9.17, 15) is 4.79 Å². The number of nitrogens with one attached hydrogen (secondary N) is 2. The Hall–Kier alpha value is -2.24. The molecule has 3 rings (SSSR count). The fourth-order valence-corrected chi connectivity index (χ4v) is 2.95. The molecule has 5 nitrogen and oxygen atoms in total. The van der Waals surface area contributed by atoms with Gasteiger partial charge < -0.3 is 20.1 Å². The summed E-state index contributed by atoms with van der Waals surface area (Å²) in [5.41, 5.74) is 2.07. The number of carbonyl (C=O) groups is 1. The van der Waals surface area contributed by atoms with Gasteiger partial charge in [-0.15, -0.1) is 0 Å². The second-order valence-corrected chi connectivity index (χ2v) is 6.78. The van der Waals surface area contributed by atoms with E-state index in [0.717, 1.165) is 22.6 Å². The number of rotatable bonds is 6. The van der Waals surface area contributed by atoms with E-state index in [4.69, 9.17) is 21.1 Å². The van der Waals surface area contributed by atoms with Crippen LogP contribution in [0.4, 0.5) is 0 Å². The zero-order valence-electron chi connectivity index (χ0n) is 14.9. The Morgan fingerprint density at radius 2 is 1.65 bits per heavy atom. The van der Waals surface area contributed by atoms with Crippen LogP contribution >= 0.6 is 11.6 Å². The SMILES string of the molecule is C[C@@H](NCC(=O)N[C@H](C)c1ccc2c(c1)OCCO2)c1ccc(Cl)cc1. The van der Waals surface area contributed by atoms with Crippen molar-refractivity contribution < 1.29 is 14.3 Å². The third-order valence-corrected chi connectivity index (χ3v) is 4.63. The van der Waals surface area contributed by atoms with E-state index >= 15 is 0 Å². The molecule has 1 amide bonds. The number of ether oxygens (including phenoxy) is 2. The molecule has 0 bridgehead atoms. The maximum atomic E-state index is 12.3. The summed E-state index contributed by atoms with van der Waals surface area (Å²) in [6, 6.07) is 13.3. The molecule has 0 spiro atoms. The van der Waals surface area contributed by atoms with Crippen molar-refractivity contribution >= 4 is 17.5 Å². The molecule has 0 aliphatic carbocycles. The average Bonchev–Trinajstić information content (AvgIpc) is 2.66. The summed E-state index contributed by atoms with van der Waals surface area (Å²) < 4.78 is 11.1. The highest BCUT2D eigenvalue weighted by Crippen LogP contribution is 2.32. The van der Waals surface area contributed by atoms with Gasteiger partial charge >= 0.3 is 0 Å². The first-order chi connectivity index (χ1) is 12.5. The Kier molecular flexibility index (Phi) is 6.01. The number of hydrogen-bond acceptors (Lipinski definition) is 4. The fraction of sp³-hybridized carbons (Fsp3) is 0.350. The number of amides is 1. The van der Waals surface area contributed by atoms with Crippen LogP contribution in [-0.4, -0.2) is 25.7 Å². The maximum Gasteiger partial charge on any atom is 0.234 e. The molecule has 1 aliphatic heterocycles. The van der Waals surface area contributed by atoms with Crippen LogP contribution in [0.2, 0.25) is 5.02 Å². The van der Waals surface area contributed by atoms with Crippen molar-refractivity contribution in [1.29, 1.82) is 0 Å². The van der Waals surface area contributed by atoms with E-state index in [1.807, 2.05) is 56.3 Å². The summed E-state index contributed by atoms with van der Waals surface area (Å²) in [7, 11) is 0. The number of carbonyl (C=O) groups excluding carboxylic acids is 1. The van der Waals surface area contributed by atoms with Crippen LogP contribution in [0.5, 0.6) is 11.5 Å². The van der Waals surface area contributed by atoms with Crippen LogP contribution in [0.3, 0.4) is 0 Å². The lowest BCUT2D eigenvalue weighted by atomic mass is 10.1. The van der Waals surface area contributed by atoms with Crippen LogP contribution in [0, 0.1) is 0 Å². The summed E-state index contributed by atoms with van der Waals surface area (Å²) >= 11 is 5.90. The Morgan fingerprint density at radius 3 is 2.38 bits per heavy atom. The number of hydrogen-bond donors (Lipinski definition) is 2. The molecular weight excluding hydrogens is 352 g/mol. The Balaban J connectivity index is 1.52. The Bertz CT molecular complexity index is 764.